The number of methoxy groups -OCH3 is 1. The van der Waals surface area contributed by atoms with Crippen molar-refractivity contribution in [2.24, 2.45) is 0 Å². The van der Waals surface area contributed by atoms with Crippen molar-refractivity contribution in [3.63, 3.8) is 0 Å². The molecule has 140 valence electrons. The average molecular weight is 371 g/mol. The van der Waals surface area contributed by atoms with Crippen LogP contribution in [0.4, 0.5) is 4.39 Å². The smallest absolute Gasteiger partial charge is 0.437 e. The summed E-state index contributed by atoms with van der Waals surface area (Å²) in [4.78, 5) is 24.2. The van der Waals surface area contributed by atoms with Gasteiger partial charge in [-0.3, -0.25) is 4.79 Å². The highest BCUT2D eigenvalue weighted by Gasteiger charge is 2.17. The first kappa shape index (κ1) is 18.4. The van der Waals surface area contributed by atoms with E-state index in [1.54, 1.807) is 13.2 Å². The maximum Gasteiger partial charge on any atom is 0.437 e. The largest absolute Gasteiger partial charge is 0.496 e. The van der Waals surface area contributed by atoms with Crippen LogP contribution in [-0.2, 0) is 11.3 Å². The summed E-state index contributed by atoms with van der Waals surface area (Å²) in [6.07, 6.45) is 0. The van der Waals surface area contributed by atoms with Gasteiger partial charge in [-0.15, -0.1) is 5.10 Å². The quantitative estimate of drug-likeness (QED) is 0.720. The predicted octanol–water partition coefficient (Wildman–Crippen LogP) is 2.53. The molecule has 2 aromatic carbocycles. The molecule has 7 nitrogen and oxygen atoms in total. The fourth-order valence-corrected chi connectivity index (χ4v) is 2.64. The average Bonchev–Trinajstić information content (AvgIpc) is 3.02. The number of aromatic nitrogens is 2. The number of nitrogens with zero attached hydrogens (tertiary/aromatic N) is 2. The Kier molecular flexibility index (Phi) is 5.35. The van der Waals surface area contributed by atoms with Gasteiger partial charge in [0.2, 0.25) is 11.8 Å². The first-order valence-corrected chi connectivity index (χ1v) is 8.24. The molecule has 0 radical (unpaired) electrons. The zero-order valence-corrected chi connectivity index (χ0v) is 14.8. The molecule has 0 unspecified atom stereocenters. The monoisotopic (exact) mass is 371 g/mol. The summed E-state index contributed by atoms with van der Waals surface area (Å²) in [7, 11) is 1.55. The number of rotatable bonds is 6. The minimum absolute atomic E-state index is 0.0191. The zero-order valence-electron chi connectivity index (χ0n) is 14.8. The molecule has 8 heteroatoms. The van der Waals surface area contributed by atoms with Crippen molar-refractivity contribution in [2.45, 2.75) is 19.5 Å². The molecule has 0 aliphatic carbocycles. The first-order chi connectivity index (χ1) is 13.0. The lowest BCUT2D eigenvalue weighted by molar-refractivity contribution is -0.122. The van der Waals surface area contributed by atoms with Crippen LogP contribution in [0.2, 0.25) is 0 Å². The van der Waals surface area contributed by atoms with E-state index in [1.165, 1.54) is 24.3 Å². The molecule has 1 amide bonds. The molecule has 1 aromatic heterocycles. The van der Waals surface area contributed by atoms with Gasteiger partial charge in [0.15, 0.2) is 0 Å². The second-order valence-electron chi connectivity index (χ2n) is 5.87. The number of ether oxygens (including phenoxy) is 1. The van der Waals surface area contributed by atoms with Crippen LogP contribution in [0.25, 0.3) is 11.5 Å². The molecule has 0 spiro atoms. The molecule has 27 heavy (non-hydrogen) atoms. The summed E-state index contributed by atoms with van der Waals surface area (Å²) in [6.45, 7) is 1.51. The highest BCUT2D eigenvalue weighted by atomic mass is 19.1. The van der Waals surface area contributed by atoms with Gasteiger partial charge in [-0.25, -0.2) is 9.18 Å². The SMILES string of the molecule is COc1ccccc1[C@H](C)NC(=O)Cn1nc(-c2ccc(F)cc2)oc1=O. The van der Waals surface area contributed by atoms with Crippen LogP contribution in [0.1, 0.15) is 18.5 Å². The topological polar surface area (TPSA) is 86.4 Å². The van der Waals surface area contributed by atoms with Gasteiger partial charge in [0, 0.05) is 11.1 Å². The van der Waals surface area contributed by atoms with Crippen LogP contribution in [0.3, 0.4) is 0 Å². The molecule has 1 heterocycles. The molecule has 0 saturated heterocycles. The summed E-state index contributed by atoms with van der Waals surface area (Å²) in [5.74, 6) is -0.915. The minimum Gasteiger partial charge on any atom is -0.496 e. The van der Waals surface area contributed by atoms with Crippen LogP contribution < -0.4 is 15.8 Å². The van der Waals surface area contributed by atoms with E-state index < -0.39 is 17.5 Å². The number of hydrogen-bond donors (Lipinski definition) is 1. The molecule has 0 aliphatic rings. The van der Waals surface area contributed by atoms with Crippen LogP contribution in [-0.4, -0.2) is 22.8 Å². The first-order valence-electron chi connectivity index (χ1n) is 8.24. The van der Waals surface area contributed by atoms with Crippen molar-refractivity contribution in [3.05, 3.63) is 70.5 Å². The normalized spacial score (nSPS) is 11.8. The van der Waals surface area contributed by atoms with Crippen molar-refractivity contribution in [1.29, 1.82) is 0 Å². The highest BCUT2D eigenvalue weighted by molar-refractivity contribution is 5.76. The lowest BCUT2D eigenvalue weighted by Gasteiger charge is -2.16. The van der Waals surface area contributed by atoms with Gasteiger partial charge in [0.05, 0.1) is 13.2 Å². The lowest BCUT2D eigenvalue weighted by atomic mass is 10.1. The van der Waals surface area contributed by atoms with Gasteiger partial charge in [-0.1, -0.05) is 18.2 Å². The molecule has 3 rings (SSSR count). The molecule has 0 bridgehead atoms. The maximum absolute atomic E-state index is 13.0. The summed E-state index contributed by atoms with van der Waals surface area (Å²) in [5, 5.41) is 6.79. The number of carbonyl (C=O) groups is 1. The fraction of sp³-hybridized carbons (Fsp3) is 0.211. The molecular formula is C19H18FN3O4. The summed E-state index contributed by atoms with van der Waals surface area (Å²) < 4.78 is 24.2. The van der Waals surface area contributed by atoms with E-state index >= 15 is 0 Å². The van der Waals surface area contributed by atoms with Gasteiger partial charge < -0.3 is 14.5 Å². The van der Waals surface area contributed by atoms with Gasteiger partial charge in [0.1, 0.15) is 18.1 Å². The molecule has 1 N–H and O–H groups in total. The van der Waals surface area contributed by atoms with Crippen LogP contribution in [0.15, 0.2) is 57.7 Å². The van der Waals surface area contributed by atoms with Crippen molar-refractivity contribution >= 4 is 5.91 Å². The standard InChI is InChI=1S/C19H18FN3O4/c1-12(15-5-3-4-6-16(15)26-2)21-17(24)11-23-19(25)27-18(22-23)13-7-9-14(20)10-8-13/h3-10,12H,11H2,1-2H3,(H,21,24)/t12-/m0/s1. The van der Waals surface area contributed by atoms with Crippen LogP contribution >= 0.6 is 0 Å². The minimum atomic E-state index is -0.769. The number of halogens is 1. The van der Waals surface area contributed by atoms with E-state index in [9.17, 15) is 14.0 Å². The Labute approximate surface area is 154 Å². The zero-order chi connectivity index (χ0) is 19.4. The Bertz CT molecular complexity index is 995. The number of hydrogen-bond acceptors (Lipinski definition) is 5. The number of amides is 1. The molecular weight excluding hydrogens is 353 g/mol. The number of carbonyl (C=O) groups excluding carboxylic acids is 1. The second kappa shape index (κ2) is 7.86. The Balaban J connectivity index is 1.71. The lowest BCUT2D eigenvalue weighted by Crippen LogP contribution is -2.33. The summed E-state index contributed by atoms with van der Waals surface area (Å²) >= 11 is 0. The van der Waals surface area contributed by atoms with Crippen molar-refractivity contribution in [1.82, 2.24) is 15.1 Å². The van der Waals surface area contributed by atoms with Crippen molar-refractivity contribution in [3.8, 4) is 17.2 Å². The number of nitrogens with one attached hydrogen (secondary N) is 1. The van der Waals surface area contributed by atoms with Gasteiger partial charge >= 0.3 is 5.76 Å². The van der Waals surface area contributed by atoms with Crippen LogP contribution in [0, 0.1) is 5.82 Å². The molecule has 0 aliphatic heterocycles. The Morgan fingerprint density at radius 2 is 1.96 bits per heavy atom. The Hall–Kier alpha value is -3.42. The number of para-hydroxylation sites is 1. The van der Waals surface area contributed by atoms with E-state index in [-0.39, 0.29) is 18.5 Å². The van der Waals surface area contributed by atoms with Crippen LogP contribution in [0.5, 0.6) is 5.75 Å². The Morgan fingerprint density at radius 1 is 1.26 bits per heavy atom. The van der Waals surface area contributed by atoms with E-state index in [1.807, 2.05) is 25.1 Å². The van der Waals surface area contributed by atoms with E-state index in [4.69, 9.17) is 9.15 Å². The third kappa shape index (κ3) is 4.22. The molecule has 3 aromatic rings. The highest BCUT2D eigenvalue weighted by Crippen LogP contribution is 2.24. The maximum atomic E-state index is 13.0. The fourth-order valence-electron chi connectivity index (χ4n) is 2.64. The predicted molar refractivity (Wildman–Crippen MR) is 95.7 cm³/mol. The van der Waals surface area contributed by atoms with Crippen molar-refractivity contribution in [2.75, 3.05) is 7.11 Å². The van der Waals surface area contributed by atoms with Crippen molar-refractivity contribution < 1.29 is 18.3 Å². The van der Waals surface area contributed by atoms with E-state index in [0.717, 1.165) is 10.2 Å². The summed E-state index contributed by atoms with van der Waals surface area (Å²) in [5.41, 5.74) is 1.25. The second-order valence-corrected chi connectivity index (χ2v) is 5.87. The Morgan fingerprint density at radius 3 is 2.67 bits per heavy atom. The molecule has 0 fully saturated rings. The molecule has 1 atom stereocenters. The van der Waals surface area contributed by atoms with E-state index in [2.05, 4.69) is 10.4 Å². The molecule has 0 saturated carbocycles. The van der Waals surface area contributed by atoms with Gasteiger partial charge in [-0.05, 0) is 37.3 Å². The van der Waals surface area contributed by atoms with Gasteiger partial charge in [0.25, 0.3) is 0 Å². The van der Waals surface area contributed by atoms with E-state index in [0.29, 0.717) is 11.3 Å². The third-order valence-electron chi connectivity index (χ3n) is 3.97. The third-order valence-corrected chi connectivity index (χ3v) is 3.97. The van der Waals surface area contributed by atoms with Gasteiger partial charge in [-0.2, -0.15) is 4.68 Å². The number of benzene rings is 2. The summed E-state index contributed by atoms with van der Waals surface area (Å²) in [6, 6.07) is 12.3.